The molecule has 0 heteroatoms. The molecule has 0 spiro atoms. The van der Waals surface area contributed by atoms with Crippen LogP contribution < -0.4 is 0 Å². The van der Waals surface area contributed by atoms with E-state index in [1.807, 2.05) is 0 Å². The molecule has 0 nitrogen and oxygen atoms in total. The highest BCUT2D eigenvalue weighted by Crippen LogP contribution is 2.50. The Labute approximate surface area is 412 Å². The molecule has 7 saturated carbocycles. The topological polar surface area (TPSA) is 0 Å². The first-order valence-electron chi connectivity index (χ1n) is 29.9. The number of hydrogen-bond donors (Lipinski definition) is 0. The van der Waals surface area contributed by atoms with E-state index in [4.69, 9.17) is 0 Å². The molecule has 1 aromatic carbocycles. The van der Waals surface area contributed by atoms with Gasteiger partial charge in [-0.15, -0.1) is 0 Å². The van der Waals surface area contributed by atoms with Gasteiger partial charge >= 0.3 is 0 Å². The van der Waals surface area contributed by atoms with Crippen LogP contribution in [0, 0.1) is 95.7 Å². The van der Waals surface area contributed by atoms with Gasteiger partial charge in [-0.25, -0.2) is 0 Å². The van der Waals surface area contributed by atoms with Gasteiger partial charge in [0.1, 0.15) is 0 Å². The largest absolute Gasteiger partial charge is 0.0656 e. The van der Waals surface area contributed by atoms with Crippen LogP contribution in [-0.2, 0) is 0 Å². The molecule has 7 aliphatic carbocycles. The number of rotatable bonds is 6. The van der Waals surface area contributed by atoms with Crippen molar-refractivity contribution in [1.82, 2.24) is 0 Å². The summed E-state index contributed by atoms with van der Waals surface area (Å²) in [5.74, 6) is 12.8. The monoisotopic (exact) mass is 903 g/mol. The van der Waals surface area contributed by atoms with Crippen LogP contribution in [0.1, 0.15) is 294 Å². The van der Waals surface area contributed by atoms with E-state index in [2.05, 4.69) is 135 Å². The summed E-state index contributed by atoms with van der Waals surface area (Å²) < 4.78 is 0. The first-order valence-corrected chi connectivity index (χ1v) is 29.9. The van der Waals surface area contributed by atoms with E-state index in [1.165, 1.54) is 165 Å². The SMILES string of the molecule is CC1CCC(C)CC1.CC1CCC(CC2CCC(C)CC2)CC1.CCC.CCC1(C)CC(C)CC(C)(C)C1.CCC1CC2CCC1C2.CCC1CCC(CC)CC1.Cc1ccc(C)cc1. The third-order valence-electron chi connectivity index (χ3n) is 18.5. The maximum absolute atomic E-state index is 2.46. The van der Waals surface area contributed by atoms with Gasteiger partial charge in [0.2, 0.25) is 0 Å². The van der Waals surface area contributed by atoms with Crippen LogP contribution in [0.15, 0.2) is 24.3 Å². The van der Waals surface area contributed by atoms with Crippen molar-refractivity contribution in [2.24, 2.45) is 81.8 Å². The summed E-state index contributed by atoms with van der Waals surface area (Å²) in [4.78, 5) is 0. The summed E-state index contributed by atoms with van der Waals surface area (Å²) in [6, 6.07) is 8.48. The zero-order chi connectivity index (χ0) is 48.4. The van der Waals surface area contributed by atoms with E-state index in [1.54, 1.807) is 32.1 Å². The van der Waals surface area contributed by atoms with Gasteiger partial charge in [-0.05, 0) is 141 Å². The molecule has 0 radical (unpaired) electrons. The van der Waals surface area contributed by atoms with Gasteiger partial charge in [0.15, 0.2) is 0 Å². The smallest absolute Gasteiger partial charge is 0.0321 e. The number of benzene rings is 1. The van der Waals surface area contributed by atoms with Gasteiger partial charge < -0.3 is 0 Å². The van der Waals surface area contributed by atoms with Crippen molar-refractivity contribution >= 4 is 0 Å². The van der Waals surface area contributed by atoms with Crippen molar-refractivity contribution in [2.45, 2.75) is 297 Å². The van der Waals surface area contributed by atoms with Gasteiger partial charge in [-0.1, -0.05) is 274 Å². The molecule has 5 atom stereocenters. The van der Waals surface area contributed by atoms with E-state index in [0.717, 1.165) is 71.0 Å². The van der Waals surface area contributed by atoms with Crippen molar-refractivity contribution in [2.75, 3.05) is 0 Å². The molecule has 382 valence electrons. The number of hydrogen-bond acceptors (Lipinski definition) is 0. The molecule has 2 bridgehead atoms. The lowest BCUT2D eigenvalue weighted by Crippen LogP contribution is -2.34. The van der Waals surface area contributed by atoms with Crippen molar-refractivity contribution in [1.29, 1.82) is 0 Å². The van der Waals surface area contributed by atoms with Gasteiger partial charge in [0.25, 0.3) is 0 Å². The lowest BCUT2D eigenvalue weighted by molar-refractivity contribution is 0.0581. The highest BCUT2D eigenvalue weighted by molar-refractivity contribution is 5.19. The third kappa shape index (κ3) is 26.1. The summed E-state index contributed by atoms with van der Waals surface area (Å²) in [5.41, 5.74) is 3.87. The van der Waals surface area contributed by atoms with Gasteiger partial charge in [0.05, 0.1) is 0 Å². The van der Waals surface area contributed by atoms with Crippen molar-refractivity contribution in [3.63, 3.8) is 0 Å². The highest BCUT2D eigenvalue weighted by atomic mass is 14.4. The second-order valence-electron chi connectivity index (χ2n) is 26.3. The van der Waals surface area contributed by atoms with Crippen LogP contribution in [0.2, 0.25) is 0 Å². The summed E-state index contributed by atoms with van der Waals surface area (Å²) in [5, 5.41) is 0. The molecule has 7 fully saturated rings. The summed E-state index contributed by atoms with van der Waals surface area (Å²) in [6.07, 6.45) is 43.1. The fourth-order valence-corrected chi connectivity index (χ4v) is 14.0. The Morgan fingerprint density at radius 2 is 0.800 bits per heavy atom. The molecule has 0 aromatic heterocycles. The summed E-state index contributed by atoms with van der Waals surface area (Å²) in [7, 11) is 0. The Kier molecular flexibility index (Phi) is 30.6. The van der Waals surface area contributed by atoms with Gasteiger partial charge in [-0.3, -0.25) is 0 Å². The van der Waals surface area contributed by atoms with Gasteiger partial charge in [-0.2, -0.15) is 0 Å². The van der Waals surface area contributed by atoms with E-state index >= 15 is 0 Å². The zero-order valence-corrected chi connectivity index (χ0v) is 47.7. The van der Waals surface area contributed by atoms with Crippen LogP contribution in [-0.4, -0.2) is 0 Å². The zero-order valence-electron chi connectivity index (χ0n) is 47.7. The predicted octanol–water partition coefficient (Wildman–Crippen LogP) is 22.3. The molecule has 65 heavy (non-hydrogen) atoms. The first kappa shape index (κ1) is 60.3. The van der Waals surface area contributed by atoms with E-state index in [0.29, 0.717) is 10.8 Å². The molecule has 5 unspecified atom stereocenters. The Hall–Kier alpha value is -0.780. The van der Waals surface area contributed by atoms with Crippen molar-refractivity contribution in [3.8, 4) is 0 Å². The minimum Gasteiger partial charge on any atom is -0.0656 e. The number of fused-ring (bicyclic) bond motifs is 2. The van der Waals surface area contributed by atoms with Crippen molar-refractivity contribution in [3.05, 3.63) is 35.4 Å². The minimum atomic E-state index is 0.586. The van der Waals surface area contributed by atoms with E-state index in [9.17, 15) is 0 Å². The molecular weight excluding hydrogens is 781 g/mol. The molecular formula is C65H122. The Bertz CT molecular complexity index is 1180. The molecule has 7 aliphatic rings. The van der Waals surface area contributed by atoms with Crippen molar-refractivity contribution < 1.29 is 0 Å². The molecule has 1 aromatic rings. The van der Waals surface area contributed by atoms with Gasteiger partial charge in [0, 0.05) is 0 Å². The second-order valence-corrected chi connectivity index (χ2v) is 26.3. The Balaban J connectivity index is 0.000000268. The molecule has 0 amide bonds. The lowest BCUT2D eigenvalue weighted by atomic mass is 9.60. The van der Waals surface area contributed by atoms with Crippen LogP contribution in [0.4, 0.5) is 0 Å². The normalized spacial score (nSPS) is 35.8. The Morgan fingerprint density at radius 1 is 0.431 bits per heavy atom. The quantitative estimate of drug-likeness (QED) is 0.267. The van der Waals surface area contributed by atoms with Crippen LogP contribution in [0.3, 0.4) is 0 Å². The fourth-order valence-electron chi connectivity index (χ4n) is 14.0. The maximum atomic E-state index is 2.46. The fraction of sp³-hybridized carbons (Fsp3) is 0.908. The van der Waals surface area contributed by atoms with Crippen LogP contribution >= 0.6 is 0 Å². The maximum Gasteiger partial charge on any atom is -0.0321 e. The lowest BCUT2D eigenvalue weighted by Gasteiger charge is -2.45. The number of aryl methyl sites for hydroxylation is 2. The minimum absolute atomic E-state index is 0.586. The second kappa shape index (κ2) is 32.9. The average molecular weight is 904 g/mol. The standard InChI is InChI=1S/C15H28.C12H24.C10H20.C9H16.C8H16.C8H10.C3H8/c1-12-3-7-14(8-4-12)11-15-9-5-13(2)6-10-15;1-6-12(5)8-10(2)7-11(3,4)9-12;1-3-9-5-7-10(4-2)8-6-9;1-2-8-5-7-3-4-9(8)6-7;2*1-7-3-5-8(2)6-4-7;1-3-2/h12-15H,3-11H2,1-2H3;10H,6-9H2,1-5H3;9-10H,3-8H2,1-2H3;7-9H,2-6H2,1H3;7-8H,3-6H2,1-2H3;3-6H,1-2H3;3H2,1-2H3. The first-order chi connectivity index (χ1) is 30.9. The van der Waals surface area contributed by atoms with Crippen LogP contribution in [0.5, 0.6) is 0 Å². The van der Waals surface area contributed by atoms with Crippen LogP contribution in [0.25, 0.3) is 0 Å². The Morgan fingerprint density at radius 3 is 1.08 bits per heavy atom. The summed E-state index contributed by atoms with van der Waals surface area (Å²) in [6.45, 7) is 37.1. The molecule has 0 heterocycles. The molecule has 0 saturated heterocycles. The average Bonchev–Trinajstić information content (AvgIpc) is 3.92. The predicted molar refractivity (Wildman–Crippen MR) is 296 cm³/mol. The van der Waals surface area contributed by atoms with E-state index in [-0.39, 0.29) is 0 Å². The highest BCUT2D eigenvalue weighted by Gasteiger charge is 2.39. The molecule has 8 rings (SSSR count). The molecule has 0 aliphatic heterocycles. The summed E-state index contributed by atoms with van der Waals surface area (Å²) >= 11 is 0. The van der Waals surface area contributed by atoms with E-state index < -0.39 is 0 Å². The molecule has 0 N–H and O–H groups in total. The third-order valence-corrected chi connectivity index (χ3v) is 18.5.